The molecule has 0 aliphatic rings. The van der Waals surface area contributed by atoms with Crippen LogP contribution in [0.25, 0.3) is 0 Å². The Bertz CT molecular complexity index is 612. The molecular formula is C10H13IN4O2S2. The largest absolute Gasteiger partial charge is 0.339 e. The van der Waals surface area contributed by atoms with E-state index in [0.717, 1.165) is 0 Å². The van der Waals surface area contributed by atoms with Gasteiger partial charge in [0.15, 0.2) is 9.93 Å². The molecule has 0 atom stereocenters. The highest BCUT2D eigenvalue weighted by Gasteiger charge is 1.87. The molecule has 0 saturated carbocycles. The average Bonchev–Trinajstić information content (AvgIpc) is 2.41. The van der Waals surface area contributed by atoms with E-state index in [-0.39, 0.29) is 11.1 Å². The normalized spacial score (nSPS) is 8.58. The van der Waals surface area contributed by atoms with Crippen LogP contribution in [0.4, 0.5) is 0 Å². The smallest absolute Gasteiger partial charge is 0.251 e. The van der Waals surface area contributed by atoms with E-state index in [1.165, 1.54) is 36.3 Å². The lowest BCUT2D eigenvalue weighted by Crippen LogP contribution is -2.04. The second-order valence-electron chi connectivity index (χ2n) is 2.74. The van der Waals surface area contributed by atoms with Crippen LogP contribution in [-0.4, -0.2) is 31.1 Å². The molecule has 0 spiro atoms. The van der Waals surface area contributed by atoms with Gasteiger partial charge in [-0.1, -0.05) is 34.4 Å². The fraction of sp³-hybridized carbons (Fsp3) is 0.200. The van der Waals surface area contributed by atoms with Crippen LogP contribution in [0.15, 0.2) is 39.3 Å². The summed E-state index contributed by atoms with van der Waals surface area (Å²) in [4.78, 5) is 34.3. The summed E-state index contributed by atoms with van der Waals surface area (Å²) in [5.41, 5.74) is -0.275. The Morgan fingerprint density at radius 1 is 1.21 bits per heavy atom. The third kappa shape index (κ3) is 8.72. The van der Waals surface area contributed by atoms with Gasteiger partial charge in [0.1, 0.15) is 0 Å². The minimum atomic E-state index is -0.172. The van der Waals surface area contributed by atoms with E-state index in [2.05, 4.69) is 54.7 Å². The van der Waals surface area contributed by atoms with E-state index in [1.807, 2.05) is 11.2 Å². The summed E-state index contributed by atoms with van der Waals surface area (Å²) < 4.78 is 0.359. The van der Waals surface area contributed by atoms with Crippen LogP contribution in [0.2, 0.25) is 0 Å². The van der Waals surface area contributed by atoms with Gasteiger partial charge in [0.25, 0.3) is 11.1 Å². The lowest BCUT2D eigenvalue weighted by molar-refractivity contribution is 0.940. The molecule has 0 aliphatic heterocycles. The molecule has 2 heterocycles. The van der Waals surface area contributed by atoms with E-state index in [0.29, 0.717) is 9.93 Å². The van der Waals surface area contributed by atoms with E-state index in [1.54, 1.807) is 0 Å². The predicted octanol–water partition coefficient (Wildman–Crippen LogP) is 1.98. The van der Waals surface area contributed by atoms with Crippen LogP contribution in [0.5, 0.6) is 0 Å². The maximum Gasteiger partial charge on any atom is 0.251 e. The van der Waals surface area contributed by atoms with Gasteiger partial charge in [-0.2, -0.15) is 0 Å². The molecule has 3 N–H and O–H groups in total. The molecule has 104 valence electrons. The van der Waals surface area contributed by atoms with Crippen molar-refractivity contribution in [1.29, 1.82) is 0 Å². The third-order valence-corrected chi connectivity index (χ3v) is 2.34. The standard InChI is InChI=1S/C5H6N2OS.C4H4N2OS.CH3I/c1-9-5-6-3-2-4(8)7-5;7-3-1-2-5-4(8)6-3;1-2/h2-3H,1H3,(H,6,7,8);1-2H,(H2,5,6,7,8);1H3. The Morgan fingerprint density at radius 3 is 2.21 bits per heavy atom. The Balaban J connectivity index is 0.000000303. The number of thioether (sulfide) groups is 1. The van der Waals surface area contributed by atoms with Crippen molar-refractivity contribution in [2.45, 2.75) is 5.16 Å². The minimum absolute atomic E-state index is 0.102. The maximum atomic E-state index is 10.5. The number of aromatic nitrogens is 4. The van der Waals surface area contributed by atoms with E-state index in [9.17, 15) is 9.59 Å². The van der Waals surface area contributed by atoms with Gasteiger partial charge >= 0.3 is 0 Å². The first kappa shape index (κ1) is 18.1. The molecule has 9 heteroatoms. The Morgan fingerprint density at radius 2 is 1.84 bits per heavy atom. The number of nitrogens with zero attached hydrogens (tertiary/aromatic N) is 1. The van der Waals surface area contributed by atoms with E-state index >= 15 is 0 Å². The fourth-order valence-electron chi connectivity index (χ4n) is 0.838. The molecule has 2 aromatic rings. The number of hydrogen-bond acceptors (Lipinski definition) is 5. The van der Waals surface area contributed by atoms with Crippen molar-refractivity contribution in [1.82, 2.24) is 19.9 Å². The second-order valence-corrected chi connectivity index (χ2v) is 3.94. The van der Waals surface area contributed by atoms with E-state index in [4.69, 9.17) is 0 Å². The second kappa shape index (κ2) is 10.9. The van der Waals surface area contributed by atoms with Gasteiger partial charge < -0.3 is 9.97 Å². The summed E-state index contributed by atoms with van der Waals surface area (Å²) in [5, 5.41) is 0.655. The first-order valence-corrected chi connectivity index (χ1v) is 8.66. The molecule has 0 aromatic carbocycles. The molecule has 6 nitrogen and oxygen atoms in total. The minimum Gasteiger partial charge on any atom is -0.339 e. The molecular weight excluding hydrogens is 399 g/mol. The first-order chi connectivity index (χ1) is 9.11. The van der Waals surface area contributed by atoms with Crippen molar-refractivity contribution in [3.05, 3.63) is 50.0 Å². The summed E-state index contributed by atoms with van der Waals surface area (Å²) >= 11 is 8.15. The summed E-state index contributed by atoms with van der Waals surface area (Å²) in [5.74, 6) is 0. The first-order valence-electron chi connectivity index (χ1n) is 4.87. The van der Waals surface area contributed by atoms with Crippen molar-refractivity contribution in [3.8, 4) is 0 Å². The van der Waals surface area contributed by atoms with Crippen LogP contribution < -0.4 is 11.1 Å². The summed E-state index contributed by atoms with van der Waals surface area (Å²) in [6.45, 7) is 0. The van der Waals surface area contributed by atoms with Gasteiger partial charge in [-0.15, -0.1) is 0 Å². The van der Waals surface area contributed by atoms with Gasteiger partial charge in [-0.3, -0.25) is 14.6 Å². The molecule has 0 radical (unpaired) electrons. The average molecular weight is 412 g/mol. The van der Waals surface area contributed by atoms with Gasteiger partial charge in [0.2, 0.25) is 0 Å². The van der Waals surface area contributed by atoms with Crippen molar-refractivity contribution < 1.29 is 0 Å². The quantitative estimate of drug-likeness (QED) is 0.219. The highest BCUT2D eigenvalue weighted by atomic mass is 127. The van der Waals surface area contributed by atoms with Gasteiger partial charge in [-0.05, 0) is 23.4 Å². The van der Waals surface area contributed by atoms with Crippen molar-refractivity contribution in [2.24, 2.45) is 0 Å². The number of halogens is 1. The Kier molecular flexibility index (Phi) is 10.4. The zero-order chi connectivity index (χ0) is 14.7. The molecule has 0 fully saturated rings. The van der Waals surface area contributed by atoms with E-state index < -0.39 is 0 Å². The monoisotopic (exact) mass is 412 g/mol. The van der Waals surface area contributed by atoms with Gasteiger partial charge in [0.05, 0.1) is 0 Å². The Hall–Kier alpha value is -0.940. The van der Waals surface area contributed by atoms with Gasteiger partial charge in [0, 0.05) is 24.5 Å². The van der Waals surface area contributed by atoms with Crippen LogP contribution in [0, 0.1) is 4.77 Å². The molecule has 0 saturated heterocycles. The number of hydrogen-bond donors (Lipinski definition) is 3. The van der Waals surface area contributed by atoms with Crippen LogP contribution >= 0.6 is 46.6 Å². The van der Waals surface area contributed by atoms with Gasteiger partial charge in [-0.25, -0.2) is 4.98 Å². The Labute approximate surface area is 132 Å². The molecule has 0 aliphatic carbocycles. The maximum absolute atomic E-state index is 10.5. The van der Waals surface area contributed by atoms with Crippen molar-refractivity contribution in [2.75, 3.05) is 11.2 Å². The van der Waals surface area contributed by atoms with Crippen LogP contribution in [-0.2, 0) is 0 Å². The van der Waals surface area contributed by atoms with Crippen molar-refractivity contribution in [3.63, 3.8) is 0 Å². The van der Waals surface area contributed by atoms with Crippen LogP contribution in [0.1, 0.15) is 0 Å². The molecule has 0 unspecified atom stereocenters. The number of nitrogens with one attached hydrogen (secondary N) is 3. The molecule has 19 heavy (non-hydrogen) atoms. The van der Waals surface area contributed by atoms with Crippen LogP contribution in [0.3, 0.4) is 0 Å². The summed E-state index contributed by atoms with van der Waals surface area (Å²) in [6.07, 6.45) is 4.85. The molecule has 0 bridgehead atoms. The summed E-state index contributed by atoms with van der Waals surface area (Å²) in [6, 6.07) is 2.76. The number of rotatable bonds is 1. The highest BCUT2D eigenvalue weighted by molar-refractivity contribution is 14.1. The summed E-state index contributed by atoms with van der Waals surface area (Å²) in [7, 11) is 0. The van der Waals surface area contributed by atoms with Crippen molar-refractivity contribution >= 4 is 46.6 Å². The third-order valence-electron chi connectivity index (χ3n) is 1.53. The topological polar surface area (TPSA) is 94.4 Å². The zero-order valence-corrected chi connectivity index (χ0v) is 14.1. The SMILES string of the molecule is CI.CSc1nccc(=O)[nH]1.O=c1cc[nH]c(=S)[nH]1. The molecule has 0 amide bonds. The number of aromatic amines is 3. The zero-order valence-electron chi connectivity index (χ0n) is 10.3. The lowest BCUT2D eigenvalue weighted by Gasteiger charge is -1.89. The molecule has 2 aromatic heterocycles. The fourth-order valence-corrected chi connectivity index (χ4v) is 1.38. The predicted molar refractivity (Wildman–Crippen MR) is 88.8 cm³/mol. The lowest BCUT2D eigenvalue weighted by atomic mass is 10.7. The highest BCUT2D eigenvalue weighted by Crippen LogP contribution is 2.01. The molecule has 2 rings (SSSR count). The number of H-pyrrole nitrogens is 3. The number of alkyl halides is 1.